The van der Waals surface area contributed by atoms with E-state index < -0.39 is 11.2 Å². The van der Waals surface area contributed by atoms with Gasteiger partial charge in [-0.2, -0.15) is 0 Å². The van der Waals surface area contributed by atoms with E-state index in [4.69, 9.17) is 14.2 Å². The van der Waals surface area contributed by atoms with Gasteiger partial charge in [0, 0.05) is 35.3 Å². The Hall–Kier alpha value is -1.79. The SMILES string of the molecule is COC1=CC(=O)C=C(C[C@]2(C)C(=O)CC[C@@]3(C)[C@H]2CCCC32OCCO2)C1=O. The highest BCUT2D eigenvalue weighted by molar-refractivity contribution is 6.19. The van der Waals surface area contributed by atoms with Gasteiger partial charge in [-0.15, -0.1) is 0 Å². The van der Waals surface area contributed by atoms with Crippen LogP contribution in [0.3, 0.4) is 0 Å². The van der Waals surface area contributed by atoms with Gasteiger partial charge < -0.3 is 14.2 Å². The predicted molar refractivity (Wildman–Crippen MR) is 100 cm³/mol. The fraction of sp³-hybridized carbons (Fsp3) is 0.682. The molecule has 1 aliphatic heterocycles. The number of rotatable bonds is 3. The summed E-state index contributed by atoms with van der Waals surface area (Å²) in [5.41, 5.74) is -0.683. The second kappa shape index (κ2) is 6.63. The molecular formula is C22H28O6. The third-order valence-corrected chi connectivity index (χ3v) is 7.55. The molecule has 0 aromatic heterocycles. The van der Waals surface area contributed by atoms with Crippen molar-refractivity contribution in [1.29, 1.82) is 0 Å². The van der Waals surface area contributed by atoms with Crippen molar-refractivity contribution < 1.29 is 28.6 Å². The van der Waals surface area contributed by atoms with Crippen LogP contribution in [0.25, 0.3) is 0 Å². The summed E-state index contributed by atoms with van der Waals surface area (Å²) in [5.74, 6) is -1.00. The number of ketones is 3. The Bertz CT molecular complexity index is 787. The highest BCUT2D eigenvalue weighted by Crippen LogP contribution is 2.63. The second-order valence-electron chi connectivity index (χ2n) is 8.94. The van der Waals surface area contributed by atoms with E-state index in [0.717, 1.165) is 25.7 Å². The summed E-state index contributed by atoms with van der Waals surface area (Å²) in [6.45, 7) is 5.28. The molecule has 4 aliphatic rings. The number of Topliss-reactive ketones (excluding diaryl/α,β-unsaturated/α-hetero) is 2. The summed E-state index contributed by atoms with van der Waals surface area (Å²) >= 11 is 0. The Kier molecular flexibility index (Phi) is 4.62. The number of allylic oxidation sites excluding steroid dienone is 3. The number of methoxy groups -OCH3 is 1. The average Bonchev–Trinajstić information content (AvgIpc) is 3.14. The molecule has 152 valence electrons. The monoisotopic (exact) mass is 388 g/mol. The molecule has 3 aliphatic carbocycles. The van der Waals surface area contributed by atoms with E-state index in [0.29, 0.717) is 25.2 Å². The van der Waals surface area contributed by atoms with Gasteiger partial charge in [0.15, 0.2) is 17.3 Å². The molecule has 3 fully saturated rings. The third kappa shape index (κ3) is 2.65. The molecule has 1 saturated heterocycles. The van der Waals surface area contributed by atoms with Crippen LogP contribution in [0.1, 0.15) is 52.4 Å². The third-order valence-electron chi connectivity index (χ3n) is 7.55. The Morgan fingerprint density at radius 2 is 1.82 bits per heavy atom. The van der Waals surface area contributed by atoms with Crippen molar-refractivity contribution in [3.63, 3.8) is 0 Å². The fourth-order valence-corrected chi connectivity index (χ4v) is 6.11. The molecule has 2 saturated carbocycles. The molecule has 0 aromatic carbocycles. The molecule has 0 bridgehead atoms. The lowest BCUT2D eigenvalue weighted by Gasteiger charge is -2.60. The first-order valence-corrected chi connectivity index (χ1v) is 10.1. The molecule has 6 heteroatoms. The summed E-state index contributed by atoms with van der Waals surface area (Å²) in [6.07, 6.45) is 6.59. The highest BCUT2D eigenvalue weighted by atomic mass is 16.7. The molecule has 0 aromatic rings. The minimum Gasteiger partial charge on any atom is -0.493 e. The molecule has 1 spiro atoms. The number of ether oxygens (including phenoxy) is 3. The van der Waals surface area contributed by atoms with Crippen molar-refractivity contribution >= 4 is 17.3 Å². The maximum Gasteiger partial charge on any atom is 0.223 e. The molecule has 4 rings (SSSR count). The molecule has 0 amide bonds. The van der Waals surface area contributed by atoms with Crippen molar-refractivity contribution in [3.05, 3.63) is 23.5 Å². The quantitative estimate of drug-likeness (QED) is 0.692. The van der Waals surface area contributed by atoms with E-state index in [-0.39, 0.29) is 40.9 Å². The van der Waals surface area contributed by atoms with Gasteiger partial charge in [-0.25, -0.2) is 0 Å². The molecule has 0 N–H and O–H groups in total. The average molecular weight is 388 g/mol. The first kappa shape index (κ1) is 19.5. The van der Waals surface area contributed by atoms with Crippen molar-refractivity contribution in [2.75, 3.05) is 20.3 Å². The van der Waals surface area contributed by atoms with Crippen LogP contribution in [-0.2, 0) is 28.6 Å². The van der Waals surface area contributed by atoms with Gasteiger partial charge in [0.05, 0.1) is 20.3 Å². The van der Waals surface area contributed by atoms with Crippen LogP contribution in [0, 0.1) is 16.7 Å². The van der Waals surface area contributed by atoms with Gasteiger partial charge in [-0.05, 0) is 37.7 Å². The van der Waals surface area contributed by atoms with Crippen molar-refractivity contribution in [2.24, 2.45) is 16.7 Å². The van der Waals surface area contributed by atoms with Crippen molar-refractivity contribution in [2.45, 2.75) is 58.2 Å². The normalized spacial score (nSPS) is 37.5. The smallest absolute Gasteiger partial charge is 0.223 e. The zero-order valence-electron chi connectivity index (χ0n) is 16.8. The molecule has 3 atom stereocenters. The lowest BCUT2D eigenvalue weighted by molar-refractivity contribution is -0.286. The van der Waals surface area contributed by atoms with Gasteiger partial charge in [-0.1, -0.05) is 13.8 Å². The van der Waals surface area contributed by atoms with E-state index in [9.17, 15) is 14.4 Å². The zero-order valence-corrected chi connectivity index (χ0v) is 16.8. The molecule has 6 nitrogen and oxygen atoms in total. The van der Waals surface area contributed by atoms with Gasteiger partial charge in [-0.3, -0.25) is 14.4 Å². The van der Waals surface area contributed by atoms with Crippen LogP contribution in [0.2, 0.25) is 0 Å². The van der Waals surface area contributed by atoms with E-state index >= 15 is 0 Å². The van der Waals surface area contributed by atoms with Gasteiger partial charge in [0.25, 0.3) is 0 Å². The maximum atomic E-state index is 13.2. The molecule has 0 radical (unpaired) electrons. The standard InChI is InChI=1S/C22H28O6/c1-20(13-14-11-15(23)12-16(26-3)19(14)25)17-5-4-7-22(27-9-10-28-22)21(17,2)8-6-18(20)24/h11-12,17H,4-10,13H2,1-3H3/t17-,20-,21-/m0/s1. The Balaban J connectivity index is 1.70. The number of carbonyl (C=O) groups is 3. The Morgan fingerprint density at radius 1 is 1.11 bits per heavy atom. The largest absolute Gasteiger partial charge is 0.493 e. The predicted octanol–water partition coefficient (Wildman–Crippen LogP) is 2.90. The van der Waals surface area contributed by atoms with Crippen LogP contribution in [0.15, 0.2) is 23.5 Å². The maximum absolute atomic E-state index is 13.2. The first-order chi connectivity index (χ1) is 13.3. The number of hydrogen-bond acceptors (Lipinski definition) is 6. The molecule has 28 heavy (non-hydrogen) atoms. The summed E-state index contributed by atoms with van der Waals surface area (Å²) in [7, 11) is 1.38. The van der Waals surface area contributed by atoms with E-state index in [2.05, 4.69) is 6.92 Å². The number of carbonyl (C=O) groups excluding carboxylic acids is 3. The Morgan fingerprint density at radius 3 is 2.50 bits per heavy atom. The van der Waals surface area contributed by atoms with Crippen LogP contribution >= 0.6 is 0 Å². The topological polar surface area (TPSA) is 78.9 Å². The number of hydrogen-bond donors (Lipinski definition) is 0. The van der Waals surface area contributed by atoms with Crippen molar-refractivity contribution in [3.8, 4) is 0 Å². The number of fused-ring (bicyclic) bond motifs is 2. The fourth-order valence-electron chi connectivity index (χ4n) is 6.11. The summed E-state index contributed by atoms with van der Waals surface area (Å²) in [4.78, 5) is 38.0. The second-order valence-corrected chi connectivity index (χ2v) is 8.94. The molecule has 0 unspecified atom stereocenters. The lowest BCUT2D eigenvalue weighted by atomic mass is 9.47. The van der Waals surface area contributed by atoms with Crippen LogP contribution in [0.5, 0.6) is 0 Å². The lowest BCUT2D eigenvalue weighted by Crippen LogP contribution is -2.62. The van der Waals surface area contributed by atoms with Crippen LogP contribution in [0.4, 0.5) is 0 Å². The van der Waals surface area contributed by atoms with Gasteiger partial charge >= 0.3 is 0 Å². The van der Waals surface area contributed by atoms with E-state index in [1.165, 1.54) is 19.3 Å². The van der Waals surface area contributed by atoms with Crippen molar-refractivity contribution in [1.82, 2.24) is 0 Å². The highest BCUT2D eigenvalue weighted by Gasteiger charge is 2.65. The van der Waals surface area contributed by atoms with E-state index in [1.54, 1.807) is 0 Å². The summed E-state index contributed by atoms with van der Waals surface area (Å²) in [6, 6.07) is 0. The minimum atomic E-state index is -0.742. The summed E-state index contributed by atoms with van der Waals surface area (Å²) < 4.78 is 17.4. The zero-order chi connectivity index (χ0) is 20.2. The van der Waals surface area contributed by atoms with Crippen LogP contribution in [-0.4, -0.2) is 43.5 Å². The van der Waals surface area contributed by atoms with E-state index in [1.807, 2.05) is 6.92 Å². The first-order valence-electron chi connectivity index (χ1n) is 10.1. The Labute approximate surface area is 165 Å². The molecular weight excluding hydrogens is 360 g/mol. The van der Waals surface area contributed by atoms with Crippen LogP contribution < -0.4 is 0 Å². The molecule has 1 heterocycles. The summed E-state index contributed by atoms with van der Waals surface area (Å²) in [5, 5.41) is 0. The minimum absolute atomic E-state index is 0.0220. The van der Waals surface area contributed by atoms with Gasteiger partial charge in [0.2, 0.25) is 5.78 Å². The van der Waals surface area contributed by atoms with Gasteiger partial charge in [0.1, 0.15) is 5.78 Å².